The lowest BCUT2D eigenvalue weighted by Gasteiger charge is -2.05. The van der Waals surface area contributed by atoms with Gasteiger partial charge >= 0.3 is 6.09 Å². The molecule has 4 nitrogen and oxygen atoms in total. The van der Waals surface area contributed by atoms with Crippen LogP contribution < -0.4 is 5.32 Å². The third-order valence-corrected chi connectivity index (χ3v) is 3.96. The Kier molecular flexibility index (Phi) is 6.59. The van der Waals surface area contributed by atoms with E-state index in [9.17, 15) is 9.59 Å². The minimum absolute atomic E-state index is 0.0827. The van der Waals surface area contributed by atoms with Crippen LogP contribution in [0.2, 0.25) is 0 Å². The number of ketones is 1. The number of rotatable bonds is 5. The molecule has 4 heteroatoms. The Balaban J connectivity index is 1.57. The second kappa shape index (κ2) is 9.75. The second-order valence-electron chi connectivity index (χ2n) is 5.96. The standard InChI is InChI=1S/C24H19NO3/c26-23(21-13-5-2-6-14-21)22-16-8-7-12-20(22)15-9-17-25-24(27)28-18-19-10-3-1-4-11-19/h1-8,10-14,16H,17-18H2,(H,25,27). The number of carbonyl (C=O) groups is 2. The molecule has 3 rings (SSSR count). The van der Waals surface area contributed by atoms with E-state index in [4.69, 9.17) is 4.74 Å². The van der Waals surface area contributed by atoms with E-state index in [0.717, 1.165) is 5.56 Å². The molecular weight excluding hydrogens is 350 g/mol. The fraction of sp³-hybridized carbons (Fsp3) is 0.0833. The molecule has 0 aliphatic rings. The highest BCUT2D eigenvalue weighted by molar-refractivity contribution is 6.10. The van der Waals surface area contributed by atoms with Crippen molar-refractivity contribution >= 4 is 11.9 Å². The van der Waals surface area contributed by atoms with Crippen LogP contribution in [0.15, 0.2) is 84.9 Å². The number of amides is 1. The van der Waals surface area contributed by atoms with E-state index in [0.29, 0.717) is 16.7 Å². The molecule has 28 heavy (non-hydrogen) atoms. The van der Waals surface area contributed by atoms with Crippen LogP contribution in [0.5, 0.6) is 0 Å². The van der Waals surface area contributed by atoms with Crippen LogP contribution in [0.1, 0.15) is 27.0 Å². The van der Waals surface area contributed by atoms with Gasteiger partial charge in [0.05, 0.1) is 6.54 Å². The number of hydrogen-bond donors (Lipinski definition) is 1. The summed E-state index contributed by atoms with van der Waals surface area (Å²) in [5.41, 5.74) is 2.68. The summed E-state index contributed by atoms with van der Waals surface area (Å²) in [6.45, 7) is 0.329. The van der Waals surface area contributed by atoms with E-state index in [-0.39, 0.29) is 18.9 Å². The first-order chi connectivity index (χ1) is 13.7. The van der Waals surface area contributed by atoms with Crippen molar-refractivity contribution in [2.45, 2.75) is 6.61 Å². The first kappa shape index (κ1) is 18.9. The Bertz CT molecular complexity index is 1000. The molecule has 3 aromatic rings. The van der Waals surface area contributed by atoms with Crippen LogP contribution in [0.25, 0.3) is 0 Å². The van der Waals surface area contributed by atoms with Gasteiger partial charge in [-0.15, -0.1) is 0 Å². The number of nitrogens with one attached hydrogen (secondary N) is 1. The van der Waals surface area contributed by atoms with Gasteiger partial charge < -0.3 is 10.1 Å². The van der Waals surface area contributed by atoms with Crippen LogP contribution in [0.4, 0.5) is 4.79 Å². The molecule has 0 bridgehead atoms. The Morgan fingerprint density at radius 1 is 0.821 bits per heavy atom. The van der Waals surface area contributed by atoms with E-state index in [1.54, 1.807) is 30.3 Å². The van der Waals surface area contributed by atoms with E-state index in [1.807, 2.05) is 54.6 Å². The highest BCUT2D eigenvalue weighted by atomic mass is 16.5. The molecule has 0 radical (unpaired) electrons. The van der Waals surface area contributed by atoms with E-state index in [1.165, 1.54) is 0 Å². The largest absolute Gasteiger partial charge is 0.445 e. The fourth-order valence-electron chi connectivity index (χ4n) is 2.57. The molecule has 0 atom stereocenters. The monoisotopic (exact) mass is 369 g/mol. The van der Waals surface area contributed by atoms with Gasteiger partial charge in [-0.05, 0) is 17.7 Å². The summed E-state index contributed by atoms with van der Waals surface area (Å²) in [4.78, 5) is 24.4. The van der Waals surface area contributed by atoms with Crippen molar-refractivity contribution in [2.24, 2.45) is 0 Å². The third-order valence-electron chi connectivity index (χ3n) is 3.96. The fourth-order valence-corrected chi connectivity index (χ4v) is 2.57. The molecule has 1 amide bonds. The Hall–Kier alpha value is -3.84. The first-order valence-corrected chi connectivity index (χ1v) is 8.86. The zero-order valence-corrected chi connectivity index (χ0v) is 15.2. The van der Waals surface area contributed by atoms with Crippen molar-refractivity contribution in [2.75, 3.05) is 6.54 Å². The molecule has 0 saturated carbocycles. The molecule has 3 aromatic carbocycles. The molecule has 0 spiro atoms. The van der Waals surface area contributed by atoms with Crippen LogP contribution in [-0.2, 0) is 11.3 Å². The maximum Gasteiger partial charge on any atom is 0.408 e. The van der Waals surface area contributed by atoms with Crippen LogP contribution in [0, 0.1) is 11.8 Å². The van der Waals surface area contributed by atoms with Gasteiger partial charge in [0.1, 0.15) is 6.61 Å². The van der Waals surface area contributed by atoms with Gasteiger partial charge in [-0.2, -0.15) is 0 Å². The zero-order chi connectivity index (χ0) is 19.6. The lowest BCUT2D eigenvalue weighted by molar-refractivity contribution is 0.103. The van der Waals surface area contributed by atoms with Crippen LogP contribution in [0.3, 0.4) is 0 Å². The topological polar surface area (TPSA) is 55.4 Å². The van der Waals surface area contributed by atoms with E-state index in [2.05, 4.69) is 17.2 Å². The lowest BCUT2D eigenvalue weighted by atomic mass is 9.99. The maximum absolute atomic E-state index is 12.7. The molecule has 0 aliphatic heterocycles. The zero-order valence-electron chi connectivity index (χ0n) is 15.2. The van der Waals surface area contributed by atoms with Gasteiger partial charge in [0, 0.05) is 16.7 Å². The Morgan fingerprint density at radius 2 is 1.46 bits per heavy atom. The molecule has 0 fully saturated rings. The van der Waals surface area contributed by atoms with Crippen molar-refractivity contribution < 1.29 is 14.3 Å². The molecule has 0 heterocycles. The Labute approximate surface area is 164 Å². The molecule has 0 unspecified atom stereocenters. The summed E-state index contributed by atoms with van der Waals surface area (Å²) >= 11 is 0. The molecular formula is C24H19NO3. The van der Waals surface area contributed by atoms with E-state index < -0.39 is 6.09 Å². The lowest BCUT2D eigenvalue weighted by Crippen LogP contribution is -2.24. The van der Waals surface area contributed by atoms with Crippen LogP contribution in [-0.4, -0.2) is 18.4 Å². The minimum Gasteiger partial charge on any atom is -0.445 e. The quantitative estimate of drug-likeness (QED) is 0.542. The average molecular weight is 369 g/mol. The molecule has 0 saturated heterocycles. The SMILES string of the molecule is O=C(NCC#Cc1ccccc1C(=O)c1ccccc1)OCc1ccccc1. The van der Waals surface area contributed by atoms with Crippen LogP contribution >= 0.6 is 0 Å². The smallest absolute Gasteiger partial charge is 0.408 e. The molecule has 1 N–H and O–H groups in total. The van der Waals surface area contributed by atoms with Crippen molar-refractivity contribution in [1.29, 1.82) is 0 Å². The van der Waals surface area contributed by atoms with Gasteiger partial charge in [-0.25, -0.2) is 4.79 Å². The predicted molar refractivity (Wildman–Crippen MR) is 108 cm³/mol. The number of ether oxygens (including phenoxy) is 1. The van der Waals surface area contributed by atoms with Crippen molar-refractivity contribution in [1.82, 2.24) is 5.32 Å². The molecule has 0 aromatic heterocycles. The molecule has 0 aliphatic carbocycles. The number of benzene rings is 3. The number of carbonyl (C=O) groups excluding carboxylic acids is 2. The summed E-state index contributed by atoms with van der Waals surface area (Å²) in [6.07, 6.45) is -0.535. The second-order valence-corrected chi connectivity index (χ2v) is 5.96. The van der Waals surface area contributed by atoms with Crippen molar-refractivity contribution in [3.05, 3.63) is 107 Å². The summed E-state index contributed by atoms with van der Waals surface area (Å²) in [5, 5.41) is 2.58. The normalized spacial score (nSPS) is 9.71. The predicted octanol–water partition coefficient (Wildman–Crippen LogP) is 4.20. The summed E-state index contributed by atoms with van der Waals surface area (Å²) < 4.78 is 5.13. The van der Waals surface area contributed by atoms with E-state index >= 15 is 0 Å². The summed E-state index contributed by atoms with van der Waals surface area (Å²) in [7, 11) is 0. The number of hydrogen-bond acceptors (Lipinski definition) is 3. The summed E-state index contributed by atoms with van der Waals surface area (Å²) in [5.74, 6) is 5.73. The molecule has 138 valence electrons. The van der Waals surface area contributed by atoms with Gasteiger partial charge in [0.2, 0.25) is 0 Å². The van der Waals surface area contributed by atoms with Gasteiger partial charge in [-0.1, -0.05) is 84.6 Å². The first-order valence-electron chi connectivity index (χ1n) is 8.86. The Morgan fingerprint density at radius 3 is 2.21 bits per heavy atom. The van der Waals surface area contributed by atoms with Gasteiger partial charge in [-0.3, -0.25) is 4.79 Å². The third kappa shape index (κ3) is 5.33. The van der Waals surface area contributed by atoms with Gasteiger partial charge in [0.25, 0.3) is 0 Å². The number of alkyl carbamates (subject to hydrolysis) is 1. The average Bonchev–Trinajstić information content (AvgIpc) is 2.76. The minimum atomic E-state index is -0.535. The summed E-state index contributed by atoms with van der Waals surface area (Å²) in [6, 6.07) is 25.7. The van der Waals surface area contributed by atoms with Gasteiger partial charge in [0.15, 0.2) is 5.78 Å². The maximum atomic E-state index is 12.7. The van der Waals surface area contributed by atoms with Crippen molar-refractivity contribution in [3.8, 4) is 11.8 Å². The highest BCUT2D eigenvalue weighted by Crippen LogP contribution is 2.13. The van der Waals surface area contributed by atoms with Crippen molar-refractivity contribution in [3.63, 3.8) is 0 Å². The highest BCUT2D eigenvalue weighted by Gasteiger charge is 2.11.